The lowest BCUT2D eigenvalue weighted by Crippen LogP contribution is -2.44. The van der Waals surface area contributed by atoms with E-state index >= 15 is 0 Å². The Hall–Kier alpha value is -0.980. The molecule has 0 aliphatic carbocycles. The van der Waals surface area contributed by atoms with E-state index in [4.69, 9.17) is 10.5 Å². The monoisotopic (exact) mass is 377 g/mol. The van der Waals surface area contributed by atoms with Crippen molar-refractivity contribution in [3.8, 4) is 5.75 Å². The molecule has 0 amide bonds. The van der Waals surface area contributed by atoms with Gasteiger partial charge in [-0.05, 0) is 33.8 Å². The molecule has 5 heteroatoms. The maximum atomic E-state index is 5.83. The first-order valence-corrected chi connectivity index (χ1v) is 6.21. The molecule has 108 valence electrons. The van der Waals surface area contributed by atoms with Crippen LogP contribution in [0.1, 0.15) is 33.3 Å². The van der Waals surface area contributed by atoms with Crippen LogP contribution >= 0.6 is 24.0 Å². The van der Waals surface area contributed by atoms with Crippen molar-refractivity contribution in [3.05, 3.63) is 29.8 Å². The number of benzene rings is 1. The standard InChI is InChI=1S/C14H23N3O.HI/c1-5-18-12-9-7-6-8-11(12)10-16-13(15)17-14(2,3)4;/h6-9H,5,10H2,1-4H3,(H3,15,16,17);1H. The molecular weight excluding hydrogens is 353 g/mol. The summed E-state index contributed by atoms with van der Waals surface area (Å²) in [7, 11) is 0. The molecule has 0 radical (unpaired) electrons. The molecule has 0 saturated carbocycles. The van der Waals surface area contributed by atoms with E-state index in [1.807, 2.05) is 52.0 Å². The van der Waals surface area contributed by atoms with E-state index in [1.165, 1.54) is 0 Å². The van der Waals surface area contributed by atoms with E-state index in [1.54, 1.807) is 0 Å². The molecule has 3 N–H and O–H groups in total. The largest absolute Gasteiger partial charge is 0.494 e. The molecule has 0 aliphatic heterocycles. The van der Waals surface area contributed by atoms with Gasteiger partial charge in [0.1, 0.15) is 5.75 Å². The molecule has 1 aromatic rings. The molecule has 0 saturated heterocycles. The third-order valence-electron chi connectivity index (χ3n) is 2.20. The minimum absolute atomic E-state index is 0. The van der Waals surface area contributed by atoms with Crippen molar-refractivity contribution in [2.45, 2.75) is 39.8 Å². The van der Waals surface area contributed by atoms with Gasteiger partial charge in [-0.25, -0.2) is 4.99 Å². The number of nitrogens with zero attached hydrogens (tertiary/aromatic N) is 1. The lowest BCUT2D eigenvalue weighted by Gasteiger charge is -2.21. The summed E-state index contributed by atoms with van der Waals surface area (Å²) < 4.78 is 5.54. The van der Waals surface area contributed by atoms with Crippen LogP contribution in [0.5, 0.6) is 5.75 Å². The predicted octanol–water partition coefficient (Wildman–Crippen LogP) is 2.91. The average Bonchev–Trinajstić information content (AvgIpc) is 2.26. The number of rotatable bonds is 4. The summed E-state index contributed by atoms with van der Waals surface area (Å²) in [4.78, 5) is 4.33. The minimum atomic E-state index is -0.0764. The quantitative estimate of drug-likeness (QED) is 0.482. The maximum Gasteiger partial charge on any atom is 0.189 e. The molecule has 0 unspecified atom stereocenters. The van der Waals surface area contributed by atoms with Crippen molar-refractivity contribution in [1.29, 1.82) is 0 Å². The van der Waals surface area contributed by atoms with Crippen LogP contribution < -0.4 is 15.8 Å². The van der Waals surface area contributed by atoms with Gasteiger partial charge in [0, 0.05) is 11.1 Å². The van der Waals surface area contributed by atoms with Crippen molar-refractivity contribution in [1.82, 2.24) is 5.32 Å². The number of nitrogens with one attached hydrogen (secondary N) is 1. The first-order chi connectivity index (χ1) is 8.42. The summed E-state index contributed by atoms with van der Waals surface area (Å²) in [6.45, 7) is 9.27. The second-order valence-electron chi connectivity index (χ2n) is 5.12. The second-order valence-corrected chi connectivity index (χ2v) is 5.12. The highest BCUT2D eigenvalue weighted by Crippen LogP contribution is 2.18. The normalized spacial score (nSPS) is 11.7. The van der Waals surface area contributed by atoms with Gasteiger partial charge < -0.3 is 15.8 Å². The van der Waals surface area contributed by atoms with Crippen molar-refractivity contribution in [2.75, 3.05) is 6.61 Å². The molecule has 0 bridgehead atoms. The SMILES string of the molecule is CCOc1ccccc1CN=C(N)NC(C)(C)C.I. The van der Waals surface area contributed by atoms with Crippen LogP contribution in [-0.4, -0.2) is 18.1 Å². The van der Waals surface area contributed by atoms with Gasteiger partial charge in [0.15, 0.2) is 5.96 Å². The van der Waals surface area contributed by atoms with Crippen molar-refractivity contribution < 1.29 is 4.74 Å². The summed E-state index contributed by atoms with van der Waals surface area (Å²) in [5.41, 5.74) is 6.79. The van der Waals surface area contributed by atoms with Crippen LogP contribution in [0.3, 0.4) is 0 Å². The van der Waals surface area contributed by atoms with Crippen molar-refractivity contribution >= 4 is 29.9 Å². The van der Waals surface area contributed by atoms with Crippen LogP contribution in [0, 0.1) is 0 Å². The van der Waals surface area contributed by atoms with Crippen LogP contribution in [0.25, 0.3) is 0 Å². The van der Waals surface area contributed by atoms with Gasteiger partial charge >= 0.3 is 0 Å². The van der Waals surface area contributed by atoms with E-state index in [0.29, 0.717) is 19.1 Å². The molecule has 0 fully saturated rings. The highest BCUT2D eigenvalue weighted by Gasteiger charge is 2.09. The Morgan fingerprint density at radius 3 is 2.53 bits per heavy atom. The molecular formula is C14H24IN3O. The first kappa shape index (κ1) is 18.0. The maximum absolute atomic E-state index is 5.83. The zero-order valence-electron chi connectivity index (χ0n) is 12.1. The zero-order valence-corrected chi connectivity index (χ0v) is 14.4. The smallest absolute Gasteiger partial charge is 0.189 e. The van der Waals surface area contributed by atoms with Gasteiger partial charge in [0.25, 0.3) is 0 Å². The van der Waals surface area contributed by atoms with Crippen LogP contribution in [0.4, 0.5) is 0 Å². The third kappa shape index (κ3) is 7.25. The number of guanidine groups is 1. The average molecular weight is 377 g/mol. The summed E-state index contributed by atoms with van der Waals surface area (Å²) in [6, 6.07) is 7.87. The molecule has 0 aliphatic rings. The van der Waals surface area contributed by atoms with Crippen LogP contribution in [0.15, 0.2) is 29.3 Å². The number of ether oxygens (including phenoxy) is 1. The predicted molar refractivity (Wildman–Crippen MR) is 91.2 cm³/mol. The fraction of sp³-hybridized carbons (Fsp3) is 0.500. The Morgan fingerprint density at radius 1 is 1.32 bits per heavy atom. The van der Waals surface area contributed by atoms with Crippen LogP contribution in [-0.2, 0) is 6.54 Å². The van der Waals surface area contributed by atoms with E-state index in [0.717, 1.165) is 11.3 Å². The summed E-state index contributed by atoms with van der Waals surface area (Å²) in [5, 5.41) is 3.13. The van der Waals surface area contributed by atoms with Gasteiger partial charge in [-0.15, -0.1) is 24.0 Å². The highest BCUT2D eigenvalue weighted by molar-refractivity contribution is 14.0. The van der Waals surface area contributed by atoms with Gasteiger partial charge in [0.05, 0.1) is 13.2 Å². The Morgan fingerprint density at radius 2 is 1.95 bits per heavy atom. The number of hydrogen-bond donors (Lipinski definition) is 2. The molecule has 1 aromatic carbocycles. The molecule has 0 atom stereocenters. The van der Waals surface area contributed by atoms with E-state index in [9.17, 15) is 0 Å². The van der Waals surface area contributed by atoms with Crippen LogP contribution in [0.2, 0.25) is 0 Å². The fourth-order valence-corrected chi connectivity index (χ4v) is 1.52. The molecule has 19 heavy (non-hydrogen) atoms. The van der Waals surface area contributed by atoms with Gasteiger partial charge in [-0.3, -0.25) is 0 Å². The molecule has 4 nitrogen and oxygen atoms in total. The Kier molecular flexibility index (Phi) is 7.82. The Bertz CT molecular complexity index is 413. The first-order valence-electron chi connectivity index (χ1n) is 6.21. The molecule has 0 aromatic heterocycles. The van der Waals surface area contributed by atoms with Crippen molar-refractivity contribution in [3.63, 3.8) is 0 Å². The lowest BCUT2D eigenvalue weighted by molar-refractivity contribution is 0.336. The highest BCUT2D eigenvalue weighted by atomic mass is 127. The summed E-state index contributed by atoms with van der Waals surface area (Å²) in [5.74, 6) is 1.32. The number of hydrogen-bond acceptors (Lipinski definition) is 2. The van der Waals surface area contributed by atoms with E-state index < -0.39 is 0 Å². The Balaban J connectivity index is 0.00000324. The lowest BCUT2D eigenvalue weighted by atomic mass is 10.1. The van der Waals surface area contributed by atoms with E-state index in [-0.39, 0.29) is 29.5 Å². The molecule has 0 heterocycles. The fourth-order valence-electron chi connectivity index (χ4n) is 1.52. The zero-order chi connectivity index (χ0) is 13.6. The number of aliphatic imine (C=N–C) groups is 1. The number of nitrogens with two attached hydrogens (primary N) is 1. The van der Waals surface area contributed by atoms with Gasteiger partial charge in [-0.2, -0.15) is 0 Å². The number of para-hydroxylation sites is 1. The topological polar surface area (TPSA) is 59.6 Å². The molecule has 0 spiro atoms. The molecule has 1 rings (SSSR count). The minimum Gasteiger partial charge on any atom is -0.494 e. The van der Waals surface area contributed by atoms with E-state index in [2.05, 4.69) is 10.3 Å². The summed E-state index contributed by atoms with van der Waals surface area (Å²) in [6.07, 6.45) is 0. The summed E-state index contributed by atoms with van der Waals surface area (Å²) >= 11 is 0. The second kappa shape index (κ2) is 8.24. The Labute approximate surface area is 132 Å². The van der Waals surface area contributed by atoms with Gasteiger partial charge in [0.2, 0.25) is 0 Å². The van der Waals surface area contributed by atoms with Gasteiger partial charge in [-0.1, -0.05) is 18.2 Å². The third-order valence-corrected chi connectivity index (χ3v) is 2.20. The number of halogens is 1. The van der Waals surface area contributed by atoms with Crippen molar-refractivity contribution in [2.24, 2.45) is 10.7 Å².